The van der Waals surface area contributed by atoms with Crippen molar-refractivity contribution in [3.05, 3.63) is 22.7 Å². The van der Waals surface area contributed by atoms with E-state index in [1.54, 1.807) is 6.07 Å². The van der Waals surface area contributed by atoms with Crippen molar-refractivity contribution in [1.82, 2.24) is 0 Å². The summed E-state index contributed by atoms with van der Waals surface area (Å²) in [4.78, 5) is 11.8. The zero-order valence-electron chi connectivity index (χ0n) is 11.5. The van der Waals surface area contributed by atoms with Crippen LogP contribution in [0.3, 0.4) is 0 Å². The molecule has 0 saturated heterocycles. The molecule has 0 aliphatic heterocycles. The molecule has 1 atom stereocenters. The fraction of sp³-hybridized carbons (Fsp3) is 0.462. The number of ether oxygens (including phenoxy) is 1. The number of nitrogens with one attached hydrogen (secondary N) is 1. The predicted molar refractivity (Wildman–Crippen MR) is 94.7 cm³/mol. The molecule has 0 spiro atoms. The lowest BCUT2D eigenvalue weighted by Crippen LogP contribution is -2.32. The summed E-state index contributed by atoms with van der Waals surface area (Å²) in [5.41, 5.74) is 0.140. The van der Waals surface area contributed by atoms with Gasteiger partial charge in [0, 0.05) is 10.2 Å². The summed E-state index contributed by atoms with van der Waals surface area (Å²) in [6.07, 6.45) is -1.76. The van der Waals surface area contributed by atoms with Crippen molar-refractivity contribution >= 4 is 66.1 Å². The molecule has 0 heterocycles. The monoisotopic (exact) mass is 479 g/mol. The summed E-state index contributed by atoms with van der Waals surface area (Å²) in [5, 5.41) is 2.22. The Kier molecular flexibility index (Phi) is 8.45. The number of amides is 1. The molecule has 1 aromatic rings. The van der Waals surface area contributed by atoms with E-state index in [1.807, 2.05) is 6.92 Å². The van der Waals surface area contributed by atoms with Crippen LogP contribution in [0.5, 0.6) is 5.75 Å². The van der Waals surface area contributed by atoms with Crippen LogP contribution >= 0.6 is 55.2 Å². The number of hydrogen-bond donors (Lipinski definition) is 1. The molecule has 0 fully saturated rings. The number of alkyl halides is 4. The highest BCUT2D eigenvalue weighted by atomic mass is 79.9. The molecule has 1 unspecified atom stereocenters. The largest absolute Gasteiger partial charge is 0.429 e. The van der Waals surface area contributed by atoms with Gasteiger partial charge in [0.05, 0.1) is 5.69 Å². The highest BCUT2D eigenvalue weighted by molar-refractivity contribution is 9.10. The number of anilines is 1. The van der Waals surface area contributed by atoms with Gasteiger partial charge in [0.15, 0.2) is 10.0 Å². The van der Waals surface area contributed by atoms with Crippen molar-refractivity contribution < 1.29 is 18.3 Å². The summed E-state index contributed by atoms with van der Waals surface area (Å²) in [7, 11) is 0. The smallest absolute Gasteiger partial charge is 0.424 e. The average Bonchev–Trinajstić information content (AvgIpc) is 2.42. The number of para-hydroxylation sites is 1. The summed E-state index contributed by atoms with van der Waals surface area (Å²) in [6, 6.07) is 4.47. The molecular formula is C13H14Br2ClF2NO2S. The molecule has 0 aromatic heterocycles. The normalized spacial score (nSPS) is 12.8. The van der Waals surface area contributed by atoms with E-state index >= 15 is 0 Å². The van der Waals surface area contributed by atoms with Crippen LogP contribution < -0.4 is 10.1 Å². The SMILES string of the molecule is CCCCSC(=O)Nc1c(Br)cccc1OC(F)(F)C(Cl)Br. The van der Waals surface area contributed by atoms with E-state index in [4.69, 9.17) is 11.6 Å². The molecular weight excluding hydrogens is 467 g/mol. The Bertz CT molecular complexity index is 521. The van der Waals surface area contributed by atoms with Crippen LogP contribution in [0.2, 0.25) is 0 Å². The number of thioether (sulfide) groups is 1. The number of benzene rings is 1. The van der Waals surface area contributed by atoms with Gasteiger partial charge in [-0.2, -0.15) is 8.78 Å². The average molecular weight is 482 g/mol. The second kappa shape index (κ2) is 9.30. The molecule has 1 aromatic carbocycles. The van der Waals surface area contributed by atoms with E-state index < -0.39 is 10.4 Å². The van der Waals surface area contributed by atoms with Gasteiger partial charge < -0.3 is 10.1 Å². The Morgan fingerprint density at radius 3 is 2.82 bits per heavy atom. The number of hydrogen-bond acceptors (Lipinski definition) is 3. The first-order valence-corrected chi connectivity index (χ1v) is 9.48. The molecule has 0 saturated carbocycles. The third kappa shape index (κ3) is 6.22. The Morgan fingerprint density at radius 1 is 1.55 bits per heavy atom. The minimum Gasteiger partial charge on any atom is -0.429 e. The number of carbonyl (C=O) groups excluding carboxylic acids is 1. The van der Waals surface area contributed by atoms with Gasteiger partial charge in [-0.05, 0) is 34.5 Å². The van der Waals surface area contributed by atoms with E-state index in [-0.39, 0.29) is 16.7 Å². The van der Waals surface area contributed by atoms with Crippen LogP contribution in [0.4, 0.5) is 19.3 Å². The first kappa shape index (κ1) is 20.0. The number of carbonyl (C=O) groups is 1. The molecule has 1 N–H and O–H groups in total. The summed E-state index contributed by atoms with van der Waals surface area (Å²) < 4.78 is 30.6. The van der Waals surface area contributed by atoms with Gasteiger partial charge in [-0.1, -0.05) is 58.7 Å². The minimum atomic E-state index is -3.63. The lowest BCUT2D eigenvalue weighted by Gasteiger charge is -2.21. The summed E-state index contributed by atoms with van der Waals surface area (Å²) in [6.45, 7) is 2.02. The first-order chi connectivity index (χ1) is 10.3. The van der Waals surface area contributed by atoms with Gasteiger partial charge in [-0.25, -0.2) is 0 Å². The Balaban J connectivity index is 2.88. The fourth-order valence-electron chi connectivity index (χ4n) is 1.35. The van der Waals surface area contributed by atoms with Gasteiger partial charge >= 0.3 is 6.11 Å². The van der Waals surface area contributed by atoms with Crippen molar-refractivity contribution in [2.24, 2.45) is 0 Å². The number of halogens is 5. The summed E-state index contributed by atoms with van der Waals surface area (Å²) >= 11 is 12.2. The van der Waals surface area contributed by atoms with Crippen molar-refractivity contribution in [3.63, 3.8) is 0 Å². The third-order valence-electron chi connectivity index (χ3n) is 2.43. The number of rotatable bonds is 7. The zero-order chi connectivity index (χ0) is 16.8. The van der Waals surface area contributed by atoms with Crippen molar-refractivity contribution in [1.29, 1.82) is 0 Å². The maximum Gasteiger partial charge on any atom is 0.424 e. The van der Waals surface area contributed by atoms with Gasteiger partial charge in [0.2, 0.25) is 0 Å². The molecule has 9 heteroatoms. The lowest BCUT2D eigenvalue weighted by atomic mass is 10.3. The predicted octanol–water partition coefficient (Wildman–Crippen LogP) is 6.45. The van der Waals surface area contributed by atoms with Crippen LogP contribution in [0.25, 0.3) is 0 Å². The Morgan fingerprint density at radius 2 is 2.23 bits per heavy atom. The molecule has 3 nitrogen and oxygen atoms in total. The summed E-state index contributed by atoms with van der Waals surface area (Å²) in [5.74, 6) is 0.485. The number of unbranched alkanes of at least 4 members (excludes halogenated alkanes) is 1. The van der Waals surface area contributed by atoms with Gasteiger partial charge in [0.1, 0.15) is 0 Å². The molecule has 22 heavy (non-hydrogen) atoms. The van der Waals surface area contributed by atoms with Crippen LogP contribution in [-0.4, -0.2) is 21.4 Å². The Labute approximate surface area is 153 Å². The van der Waals surface area contributed by atoms with Crippen molar-refractivity contribution in [3.8, 4) is 5.75 Å². The van der Waals surface area contributed by atoms with Crippen molar-refractivity contribution in [2.75, 3.05) is 11.1 Å². The topological polar surface area (TPSA) is 38.3 Å². The highest BCUT2D eigenvalue weighted by Gasteiger charge is 2.40. The minimum absolute atomic E-state index is 0.140. The van der Waals surface area contributed by atoms with E-state index in [0.29, 0.717) is 10.2 Å². The third-order valence-corrected chi connectivity index (χ3v) is 4.74. The quantitative estimate of drug-likeness (QED) is 0.360. The van der Waals surface area contributed by atoms with E-state index in [0.717, 1.165) is 24.6 Å². The first-order valence-electron chi connectivity index (χ1n) is 6.35. The fourth-order valence-corrected chi connectivity index (χ4v) is 2.73. The van der Waals surface area contributed by atoms with E-state index in [9.17, 15) is 13.6 Å². The van der Waals surface area contributed by atoms with Gasteiger partial charge in [-0.15, -0.1) is 0 Å². The zero-order valence-corrected chi connectivity index (χ0v) is 16.3. The van der Waals surface area contributed by atoms with Crippen LogP contribution in [0, 0.1) is 0 Å². The lowest BCUT2D eigenvalue weighted by molar-refractivity contribution is -0.160. The van der Waals surface area contributed by atoms with Gasteiger partial charge in [0.25, 0.3) is 5.24 Å². The molecule has 0 radical (unpaired) electrons. The van der Waals surface area contributed by atoms with E-state index in [1.165, 1.54) is 12.1 Å². The maximum absolute atomic E-state index is 13.6. The second-order valence-corrected chi connectivity index (χ2v) is 7.99. The van der Waals surface area contributed by atoms with Crippen molar-refractivity contribution in [2.45, 2.75) is 30.2 Å². The van der Waals surface area contributed by atoms with Crippen LogP contribution in [0.1, 0.15) is 19.8 Å². The Hall–Kier alpha value is -0.0500. The molecule has 0 aliphatic carbocycles. The highest BCUT2D eigenvalue weighted by Crippen LogP contribution is 2.38. The molecule has 124 valence electrons. The van der Waals surface area contributed by atoms with Crippen LogP contribution in [0.15, 0.2) is 22.7 Å². The maximum atomic E-state index is 13.6. The molecule has 1 rings (SSSR count). The molecule has 1 amide bonds. The molecule has 0 bridgehead atoms. The second-order valence-electron chi connectivity index (χ2n) is 4.19. The standard InChI is InChI=1S/C13H14Br2ClF2NO2S/c1-2-3-7-22-12(20)19-10-8(14)5-4-6-9(10)21-13(17,18)11(15)16/h4-6,11H,2-3,7H2,1H3,(H,19,20). The van der Waals surface area contributed by atoms with Crippen LogP contribution in [-0.2, 0) is 0 Å². The molecule has 0 aliphatic rings. The van der Waals surface area contributed by atoms with E-state index in [2.05, 4.69) is 41.9 Å². The van der Waals surface area contributed by atoms with Gasteiger partial charge in [-0.3, -0.25) is 4.79 Å².